The Hall–Kier alpha value is -1.73. The van der Waals surface area contributed by atoms with Crippen molar-refractivity contribution in [2.75, 3.05) is 20.2 Å². The largest absolute Gasteiger partial charge is 0.448 e. The third-order valence-corrected chi connectivity index (χ3v) is 3.02. The summed E-state index contributed by atoms with van der Waals surface area (Å²) in [7, 11) is 1.93. The lowest BCUT2D eigenvalue weighted by Crippen LogP contribution is -2.21. The zero-order chi connectivity index (χ0) is 15.5. The summed E-state index contributed by atoms with van der Waals surface area (Å²) < 4.78 is 7.24. The molecule has 0 saturated carbocycles. The highest BCUT2D eigenvalue weighted by atomic mass is 16.3. The van der Waals surface area contributed by atoms with Crippen LogP contribution in [0.15, 0.2) is 16.9 Å². The van der Waals surface area contributed by atoms with Crippen molar-refractivity contribution < 1.29 is 9.52 Å². The molecular formula is C14H23N5O2. The average Bonchev–Trinajstić information content (AvgIpc) is 2.99. The predicted molar refractivity (Wildman–Crippen MR) is 77.7 cm³/mol. The zero-order valence-electron chi connectivity index (χ0n) is 13.1. The van der Waals surface area contributed by atoms with Crippen LogP contribution in [-0.2, 0) is 18.5 Å². The average molecular weight is 293 g/mol. The number of aliphatic hydroxyl groups is 1. The number of hydrogen-bond donors (Lipinski definition) is 1. The quantitative estimate of drug-likeness (QED) is 0.857. The van der Waals surface area contributed by atoms with Crippen molar-refractivity contribution in [2.24, 2.45) is 0 Å². The molecule has 1 N–H and O–H groups in total. The van der Waals surface area contributed by atoms with Crippen LogP contribution in [0.2, 0.25) is 0 Å². The van der Waals surface area contributed by atoms with Gasteiger partial charge in [0.25, 0.3) is 0 Å². The lowest BCUT2D eigenvalue weighted by atomic mass is 9.97. The highest BCUT2D eigenvalue weighted by molar-refractivity contribution is 5.04. The van der Waals surface area contributed by atoms with Crippen LogP contribution < -0.4 is 0 Å². The van der Waals surface area contributed by atoms with Gasteiger partial charge in [-0.15, -0.1) is 5.10 Å². The van der Waals surface area contributed by atoms with Crippen molar-refractivity contribution >= 4 is 0 Å². The number of likely N-dealkylation sites (N-methyl/N-ethyl adjacent to an activating group) is 1. The fourth-order valence-corrected chi connectivity index (χ4v) is 1.90. The van der Waals surface area contributed by atoms with Crippen molar-refractivity contribution in [3.63, 3.8) is 0 Å². The van der Waals surface area contributed by atoms with Gasteiger partial charge in [0.1, 0.15) is 12.0 Å². The number of oxazole rings is 1. The maximum atomic E-state index is 8.88. The highest BCUT2D eigenvalue weighted by Crippen LogP contribution is 2.21. The summed E-state index contributed by atoms with van der Waals surface area (Å²) >= 11 is 0. The van der Waals surface area contributed by atoms with Gasteiger partial charge in [-0.05, 0) is 7.05 Å². The molecule has 0 spiro atoms. The number of nitrogens with zero attached hydrogens (tertiary/aromatic N) is 5. The summed E-state index contributed by atoms with van der Waals surface area (Å²) in [6.45, 7) is 8.14. The molecule has 0 fully saturated rings. The van der Waals surface area contributed by atoms with Gasteiger partial charge in [0, 0.05) is 18.5 Å². The van der Waals surface area contributed by atoms with Crippen LogP contribution in [0, 0.1) is 0 Å². The predicted octanol–water partition coefficient (Wildman–Crippen LogP) is 1.04. The van der Waals surface area contributed by atoms with Crippen molar-refractivity contribution in [3.05, 3.63) is 29.7 Å². The lowest BCUT2D eigenvalue weighted by Gasteiger charge is -2.12. The molecule has 0 aromatic carbocycles. The van der Waals surface area contributed by atoms with Gasteiger partial charge in [0.2, 0.25) is 0 Å². The van der Waals surface area contributed by atoms with Crippen LogP contribution >= 0.6 is 0 Å². The van der Waals surface area contributed by atoms with Crippen molar-refractivity contribution in [2.45, 2.75) is 39.3 Å². The molecule has 116 valence electrons. The minimum absolute atomic E-state index is 0.0984. The van der Waals surface area contributed by atoms with Crippen LogP contribution in [0.3, 0.4) is 0 Å². The first kappa shape index (κ1) is 15.7. The van der Waals surface area contributed by atoms with E-state index in [4.69, 9.17) is 9.52 Å². The molecule has 0 aliphatic heterocycles. The Balaban J connectivity index is 1.98. The van der Waals surface area contributed by atoms with Gasteiger partial charge in [0.15, 0.2) is 5.89 Å². The van der Waals surface area contributed by atoms with E-state index in [1.807, 2.05) is 18.1 Å². The molecule has 2 aromatic heterocycles. The zero-order valence-corrected chi connectivity index (χ0v) is 13.1. The van der Waals surface area contributed by atoms with Gasteiger partial charge in [-0.3, -0.25) is 4.90 Å². The van der Waals surface area contributed by atoms with Gasteiger partial charge in [0.05, 0.1) is 25.0 Å². The molecule has 2 rings (SSSR count). The van der Waals surface area contributed by atoms with Crippen LogP contribution in [0.5, 0.6) is 0 Å². The molecule has 7 nitrogen and oxygen atoms in total. The third-order valence-electron chi connectivity index (χ3n) is 3.02. The molecule has 2 aromatic rings. The van der Waals surface area contributed by atoms with E-state index in [2.05, 4.69) is 36.1 Å². The van der Waals surface area contributed by atoms with Crippen LogP contribution in [0.4, 0.5) is 0 Å². The van der Waals surface area contributed by atoms with E-state index in [9.17, 15) is 0 Å². The van der Waals surface area contributed by atoms with Crippen molar-refractivity contribution in [1.82, 2.24) is 24.9 Å². The Morgan fingerprint density at radius 1 is 1.33 bits per heavy atom. The maximum absolute atomic E-state index is 8.88. The van der Waals surface area contributed by atoms with E-state index < -0.39 is 0 Å². The molecule has 0 amide bonds. The van der Waals surface area contributed by atoms with Crippen LogP contribution in [0.25, 0.3) is 0 Å². The molecule has 0 aliphatic carbocycles. The van der Waals surface area contributed by atoms with E-state index in [1.165, 1.54) is 0 Å². The Morgan fingerprint density at radius 2 is 2.10 bits per heavy atom. The van der Waals surface area contributed by atoms with Crippen LogP contribution in [-0.4, -0.2) is 50.2 Å². The topological polar surface area (TPSA) is 80.2 Å². The molecule has 0 unspecified atom stereocenters. The Bertz CT molecular complexity index is 570. The smallest absolute Gasteiger partial charge is 0.199 e. The number of aliphatic hydroxyl groups excluding tert-OH is 1. The normalized spacial score (nSPS) is 12.3. The first-order valence-corrected chi connectivity index (χ1v) is 7.02. The monoisotopic (exact) mass is 293 g/mol. The minimum atomic E-state index is -0.0984. The van der Waals surface area contributed by atoms with Gasteiger partial charge in [-0.25, -0.2) is 9.67 Å². The van der Waals surface area contributed by atoms with Crippen molar-refractivity contribution in [1.29, 1.82) is 0 Å². The van der Waals surface area contributed by atoms with E-state index >= 15 is 0 Å². The molecule has 0 saturated heterocycles. The highest BCUT2D eigenvalue weighted by Gasteiger charge is 2.20. The molecule has 7 heteroatoms. The summed E-state index contributed by atoms with van der Waals surface area (Å²) in [6.07, 6.45) is 3.55. The Kier molecular flexibility index (Phi) is 4.74. The molecule has 0 aliphatic rings. The summed E-state index contributed by atoms with van der Waals surface area (Å²) in [5.41, 5.74) is 1.60. The van der Waals surface area contributed by atoms with Gasteiger partial charge >= 0.3 is 0 Å². The second-order valence-corrected chi connectivity index (χ2v) is 6.26. The molecular weight excluding hydrogens is 270 g/mol. The second kappa shape index (κ2) is 6.36. The number of hydrogen-bond acceptors (Lipinski definition) is 6. The second-order valence-electron chi connectivity index (χ2n) is 6.26. The van der Waals surface area contributed by atoms with Gasteiger partial charge in [-0.2, -0.15) is 0 Å². The molecule has 0 atom stereocenters. The number of aromatic nitrogens is 4. The van der Waals surface area contributed by atoms with E-state index in [0.29, 0.717) is 19.6 Å². The van der Waals surface area contributed by atoms with Crippen LogP contribution in [0.1, 0.15) is 38.0 Å². The molecule has 21 heavy (non-hydrogen) atoms. The third kappa shape index (κ3) is 4.37. The summed E-state index contributed by atoms with van der Waals surface area (Å²) in [5, 5.41) is 17.1. The van der Waals surface area contributed by atoms with Gasteiger partial charge < -0.3 is 9.52 Å². The van der Waals surface area contributed by atoms with E-state index in [-0.39, 0.29) is 12.0 Å². The summed E-state index contributed by atoms with van der Waals surface area (Å²) in [5.74, 6) is 0.723. The Morgan fingerprint density at radius 3 is 2.71 bits per heavy atom. The maximum Gasteiger partial charge on any atom is 0.199 e. The van der Waals surface area contributed by atoms with Crippen molar-refractivity contribution in [3.8, 4) is 0 Å². The fourth-order valence-electron chi connectivity index (χ4n) is 1.90. The lowest BCUT2D eigenvalue weighted by molar-refractivity contribution is 0.216. The summed E-state index contributed by atoms with van der Waals surface area (Å²) in [4.78, 5) is 6.47. The van der Waals surface area contributed by atoms with E-state index in [0.717, 1.165) is 17.3 Å². The fraction of sp³-hybridized carbons (Fsp3) is 0.643. The Labute approximate surface area is 124 Å². The van der Waals surface area contributed by atoms with E-state index in [1.54, 1.807) is 10.9 Å². The SMILES string of the molecule is CN(CCO)Cc1cn(Cc2coc(C(C)(C)C)n2)nn1. The molecule has 0 bridgehead atoms. The first-order chi connectivity index (χ1) is 9.88. The van der Waals surface area contributed by atoms with Gasteiger partial charge in [-0.1, -0.05) is 26.0 Å². The molecule has 2 heterocycles. The standard InChI is InChI=1S/C14H23N5O2/c1-14(2,3)13-15-12(10-21-13)9-19-8-11(16-17-19)7-18(4)5-6-20/h8,10,20H,5-7,9H2,1-4H3. The minimum Gasteiger partial charge on any atom is -0.448 e. The summed E-state index contributed by atoms with van der Waals surface area (Å²) in [6, 6.07) is 0. The number of rotatable bonds is 6. The first-order valence-electron chi connectivity index (χ1n) is 7.02. The molecule has 0 radical (unpaired) electrons.